The summed E-state index contributed by atoms with van der Waals surface area (Å²) in [7, 11) is -4.32. The van der Waals surface area contributed by atoms with Gasteiger partial charge in [0, 0.05) is 5.76 Å². The summed E-state index contributed by atoms with van der Waals surface area (Å²) in [5, 5.41) is 14.0. The highest BCUT2D eigenvalue weighted by Gasteiger charge is 2.78. The van der Waals surface area contributed by atoms with Gasteiger partial charge < -0.3 is 9.84 Å². The number of halogens is 11. The third kappa shape index (κ3) is 6.15. The van der Waals surface area contributed by atoms with Crippen molar-refractivity contribution in [3.63, 3.8) is 0 Å². The smallest absolute Gasteiger partial charge is 0.462 e. The maximum absolute atomic E-state index is 16.2. The molecule has 0 radical (unpaired) electrons. The molecule has 4 aromatic rings. The molecule has 3 nitrogen and oxygen atoms in total. The topological polar surface area (TPSA) is 41.5 Å². The van der Waals surface area contributed by atoms with Gasteiger partial charge in [0.25, 0.3) is 5.50 Å². The Labute approximate surface area is 254 Å². The molecule has 4 aromatic carbocycles. The van der Waals surface area contributed by atoms with E-state index in [4.69, 9.17) is 4.74 Å². The van der Waals surface area contributed by atoms with E-state index in [9.17, 15) is 49.0 Å². The van der Waals surface area contributed by atoms with Crippen LogP contribution in [0.4, 0.5) is 48.3 Å². The molecule has 244 valence electrons. The summed E-state index contributed by atoms with van der Waals surface area (Å²) in [6, 6.07) is 26.9. The summed E-state index contributed by atoms with van der Waals surface area (Å²) in [6.45, 7) is 0. The van der Waals surface area contributed by atoms with E-state index in [0.29, 0.717) is 0 Å². The van der Waals surface area contributed by atoms with E-state index in [2.05, 4.69) is 4.74 Å². The Hall–Kier alpha value is -4.16. The van der Waals surface area contributed by atoms with Crippen LogP contribution in [0.3, 0.4) is 0 Å². The van der Waals surface area contributed by atoms with Gasteiger partial charge in [-0.1, -0.05) is 72.8 Å². The molecule has 0 heterocycles. The molecule has 4 rings (SSSR count). The van der Waals surface area contributed by atoms with Crippen LogP contribution >= 0.6 is 7.26 Å². The third-order valence-electron chi connectivity index (χ3n) is 6.53. The highest BCUT2D eigenvalue weighted by molar-refractivity contribution is 7.98. The lowest BCUT2D eigenvalue weighted by Crippen LogP contribution is -2.61. The average Bonchev–Trinajstić information content (AvgIpc) is 3.01. The molecule has 15 heteroatoms. The Morgan fingerprint density at radius 1 is 0.500 bits per heavy atom. The fourth-order valence-corrected chi connectivity index (χ4v) is 8.54. The third-order valence-corrected chi connectivity index (χ3v) is 10.7. The van der Waals surface area contributed by atoms with Gasteiger partial charge in [-0.25, -0.2) is 0 Å². The Morgan fingerprint density at radius 2 is 0.848 bits per heavy atom. The first kappa shape index (κ1) is 34.7. The number of hydrogen-bond donors (Lipinski definition) is 0. The van der Waals surface area contributed by atoms with E-state index in [1.807, 2.05) is 0 Å². The quantitative estimate of drug-likeness (QED) is 0.0984. The van der Waals surface area contributed by atoms with Crippen LogP contribution in [0.25, 0.3) is 0 Å². The van der Waals surface area contributed by atoms with Crippen LogP contribution < -0.4 is 25.8 Å². The van der Waals surface area contributed by atoms with Crippen molar-refractivity contribution < 1.29 is 62.9 Å². The second-order valence-corrected chi connectivity index (χ2v) is 12.8. The molecule has 0 fully saturated rings. The second-order valence-electron chi connectivity index (χ2n) is 9.51. The first-order valence-corrected chi connectivity index (χ1v) is 14.7. The molecular formula is C31H20F11O3P. The minimum absolute atomic E-state index is 0.0106. The SMILES string of the molecule is [O-]/C(=C(/Oc1ccccc1)[P+](c1ccccc1)(c1ccccc1)c1ccccc1)C(F)(OC(F)(F)C(F)(F)C(F)(F)F)C(F)(F)F. The molecular weight excluding hydrogens is 660 g/mol. The molecule has 0 N–H and O–H groups in total. The summed E-state index contributed by atoms with van der Waals surface area (Å²) in [5.41, 5.74) is -1.55. The van der Waals surface area contributed by atoms with E-state index in [1.54, 1.807) is 0 Å². The van der Waals surface area contributed by atoms with Gasteiger partial charge in [-0.05, 0) is 48.5 Å². The van der Waals surface area contributed by atoms with Crippen molar-refractivity contribution in [2.45, 2.75) is 30.2 Å². The van der Waals surface area contributed by atoms with Crippen LogP contribution in [-0.2, 0) is 4.74 Å². The van der Waals surface area contributed by atoms with Crippen molar-refractivity contribution in [3.8, 4) is 5.75 Å². The largest absolute Gasteiger partial charge is 0.866 e. The zero-order valence-corrected chi connectivity index (χ0v) is 23.8. The fraction of sp³-hybridized carbons (Fsp3) is 0.161. The molecule has 0 saturated carbocycles. The lowest BCUT2D eigenvalue weighted by molar-refractivity contribution is -0.499. The summed E-state index contributed by atoms with van der Waals surface area (Å²) in [4.78, 5) is 0. The summed E-state index contributed by atoms with van der Waals surface area (Å²) < 4.78 is 163. The Bertz CT molecular complexity index is 1530. The highest BCUT2D eigenvalue weighted by Crippen LogP contribution is 2.65. The Balaban J connectivity index is 2.21. The van der Waals surface area contributed by atoms with Crippen molar-refractivity contribution in [3.05, 3.63) is 133 Å². The van der Waals surface area contributed by atoms with E-state index < -0.39 is 54.5 Å². The molecule has 0 amide bonds. The van der Waals surface area contributed by atoms with Gasteiger partial charge in [0.15, 0.2) is 7.26 Å². The van der Waals surface area contributed by atoms with Gasteiger partial charge in [0.2, 0.25) is 0 Å². The summed E-state index contributed by atoms with van der Waals surface area (Å²) in [5.74, 6) is -17.4. The Morgan fingerprint density at radius 3 is 1.17 bits per heavy atom. The number of rotatable bonds is 10. The number of alkyl halides is 11. The molecule has 0 aliphatic rings. The standard InChI is InChI=1S/C31H20F11O3P/c32-27(29(35,36)37,45-31(41,42)28(33,34)30(38,39)40)25(43)26(44-21-13-5-1-6-14-21)46(22-15-7-2-8-16-22,23-17-9-3-10-18-23)24-19-11-4-12-20-24/h1-20H/b26-25-. The zero-order chi connectivity index (χ0) is 34.0. The van der Waals surface area contributed by atoms with E-state index >= 15 is 4.39 Å². The van der Waals surface area contributed by atoms with Gasteiger partial charge in [-0.3, -0.25) is 4.74 Å². The van der Waals surface area contributed by atoms with E-state index in [1.165, 1.54) is 109 Å². The predicted octanol–water partition coefficient (Wildman–Crippen LogP) is 7.62. The summed E-state index contributed by atoms with van der Waals surface area (Å²) in [6.07, 6.45) is -21.4. The number of ether oxygens (including phenoxy) is 2. The van der Waals surface area contributed by atoms with Gasteiger partial charge in [0.1, 0.15) is 21.7 Å². The first-order chi connectivity index (χ1) is 21.4. The molecule has 0 aliphatic heterocycles. The molecule has 0 bridgehead atoms. The minimum Gasteiger partial charge on any atom is -0.866 e. The normalized spacial score (nSPS) is 15.1. The van der Waals surface area contributed by atoms with Crippen LogP contribution in [0, 0.1) is 0 Å². The van der Waals surface area contributed by atoms with E-state index in [-0.39, 0.29) is 15.9 Å². The van der Waals surface area contributed by atoms with Crippen LogP contribution in [0.5, 0.6) is 5.75 Å². The van der Waals surface area contributed by atoms with Crippen LogP contribution in [0.2, 0.25) is 0 Å². The molecule has 0 spiro atoms. The average molecular weight is 680 g/mol. The number of para-hydroxylation sites is 1. The van der Waals surface area contributed by atoms with Gasteiger partial charge in [-0.2, -0.15) is 48.3 Å². The highest BCUT2D eigenvalue weighted by atomic mass is 31.2. The number of benzene rings is 4. The predicted molar refractivity (Wildman–Crippen MR) is 146 cm³/mol. The molecule has 0 aromatic heterocycles. The monoisotopic (exact) mass is 680 g/mol. The first-order valence-electron chi connectivity index (χ1n) is 12.9. The van der Waals surface area contributed by atoms with E-state index in [0.717, 1.165) is 12.1 Å². The Kier molecular flexibility index (Phi) is 9.48. The molecule has 46 heavy (non-hydrogen) atoms. The van der Waals surface area contributed by atoms with Crippen molar-refractivity contribution in [1.82, 2.24) is 0 Å². The fourth-order valence-electron chi connectivity index (χ4n) is 4.40. The van der Waals surface area contributed by atoms with Crippen molar-refractivity contribution in [2.75, 3.05) is 0 Å². The zero-order valence-electron chi connectivity index (χ0n) is 22.9. The van der Waals surface area contributed by atoms with Crippen LogP contribution in [-0.4, -0.2) is 30.2 Å². The lowest BCUT2D eigenvalue weighted by Gasteiger charge is -2.40. The molecule has 1 unspecified atom stereocenters. The van der Waals surface area contributed by atoms with Crippen molar-refractivity contribution in [1.29, 1.82) is 0 Å². The van der Waals surface area contributed by atoms with Gasteiger partial charge in [-0.15, -0.1) is 0 Å². The minimum atomic E-state index is -7.37. The molecule has 0 aliphatic carbocycles. The van der Waals surface area contributed by atoms with Gasteiger partial charge in [0.05, 0.1) is 0 Å². The second kappa shape index (κ2) is 12.6. The molecule has 0 saturated heterocycles. The maximum atomic E-state index is 16.2. The van der Waals surface area contributed by atoms with Crippen LogP contribution in [0.15, 0.2) is 133 Å². The van der Waals surface area contributed by atoms with Crippen LogP contribution in [0.1, 0.15) is 0 Å². The lowest BCUT2D eigenvalue weighted by atomic mass is 10.2. The number of hydrogen-bond acceptors (Lipinski definition) is 3. The van der Waals surface area contributed by atoms with Crippen molar-refractivity contribution in [2.24, 2.45) is 0 Å². The summed E-state index contributed by atoms with van der Waals surface area (Å²) >= 11 is 0. The van der Waals surface area contributed by atoms with Crippen molar-refractivity contribution >= 4 is 23.2 Å². The van der Waals surface area contributed by atoms with Gasteiger partial charge >= 0.3 is 30.2 Å². The maximum Gasteiger partial charge on any atom is 0.462 e. The molecule has 1 atom stereocenters.